The standard InChI is InChI=1S/C30H30N4O6S/c1-5-6-9-16-40-20-13-11-19(12-14-20)24-22(25(35)23-17(2)31-21-10-7-8-15-33(21)23)26(36)28(37)34(24)30-32-18(3)27(41-30)29(38)39-4/h7-8,10-15,24,35H,5-6,9,16H2,1-4H3. The lowest BCUT2D eigenvalue weighted by atomic mass is 9.96. The summed E-state index contributed by atoms with van der Waals surface area (Å²) >= 11 is 0.950. The molecule has 0 saturated carbocycles. The molecule has 1 unspecified atom stereocenters. The number of pyridine rings is 1. The number of aliphatic hydroxyl groups excluding tert-OH is 1. The summed E-state index contributed by atoms with van der Waals surface area (Å²) in [7, 11) is 1.26. The van der Waals surface area contributed by atoms with Crippen molar-refractivity contribution in [2.45, 2.75) is 46.1 Å². The summed E-state index contributed by atoms with van der Waals surface area (Å²) in [5, 5.41) is 11.8. The maximum Gasteiger partial charge on any atom is 0.350 e. The molecular weight excluding hydrogens is 544 g/mol. The van der Waals surface area contributed by atoms with E-state index in [1.807, 2.05) is 6.07 Å². The molecule has 3 aromatic heterocycles. The molecule has 1 aliphatic rings. The number of ether oxygens (including phenoxy) is 2. The third kappa shape index (κ3) is 5.08. The van der Waals surface area contributed by atoms with Crippen molar-refractivity contribution in [1.29, 1.82) is 0 Å². The summed E-state index contributed by atoms with van der Waals surface area (Å²) in [5.41, 5.74) is 2.21. The number of thiazole rings is 1. The number of hydrogen-bond acceptors (Lipinski definition) is 9. The van der Waals surface area contributed by atoms with E-state index in [9.17, 15) is 19.5 Å². The first-order chi connectivity index (χ1) is 19.8. The van der Waals surface area contributed by atoms with Gasteiger partial charge in [-0.2, -0.15) is 0 Å². The van der Waals surface area contributed by atoms with E-state index < -0.39 is 23.7 Å². The number of imidazole rings is 1. The second kappa shape index (κ2) is 11.5. The minimum absolute atomic E-state index is 0.104. The van der Waals surface area contributed by atoms with E-state index >= 15 is 0 Å². The normalized spacial score (nSPS) is 16.5. The molecule has 1 aromatic carbocycles. The Morgan fingerprint density at radius 1 is 1.05 bits per heavy atom. The molecule has 0 bridgehead atoms. The van der Waals surface area contributed by atoms with Gasteiger partial charge in [-0.3, -0.25) is 18.9 Å². The number of methoxy groups -OCH3 is 1. The zero-order valence-corrected chi connectivity index (χ0v) is 24.0. The minimum atomic E-state index is -1.02. The molecule has 4 heterocycles. The largest absolute Gasteiger partial charge is 0.505 e. The van der Waals surface area contributed by atoms with Crippen molar-refractivity contribution in [3.63, 3.8) is 0 Å². The lowest BCUT2D eigenvalue weighted by Crippen LogP contribution is -2.29. The summed E-state index contributed by atoms with van der Waals surface area (Å²) < 4.78 is 12.4. The Labute approximate surface area is 240 Å². The number of Topliss-reactive ketones (excluding diaryl/α,β-unsaturated/α-hetero) is 1. The van der Waals surface area contributed by atoms with Crippen molar-refractivity contribution in [3.05, 3.63) is 81.8 Å². The summed E-state index contributed by atoms with van der Waals surface area (Å²) in [4.78, 5) is 49.9. The van der Waals surface area contributed by atoms with Crippen LogP contribution in [0.3, 0.4) is 0 Å². The Morgan fingerprint density at radius 2 is 1.80 bits per heavy atom. The van der Waals surface area contributed by atoms with Crippen LogP contribution in [-0.2, 0) is 14.3 Å². The molecular formula is C30H30N4O6S. The van der Waals surface area contributed by atoms with Crippen LogP contribution in [0.25, 0.3) is 11.4 Å². The molecule has 212 valence electrons. The molecule has 1 atom stereocenters. The van der Waals surface area contributed by atoms with Gasteiger partial charge < -0.3 is 14.6 Å². The first kappa shape index (κ1) is 28.0. The number of aromatic nitrogens is 3. The first-order valence-corrected chi connectivity index (χ1v) is 14.1. The molecule has 0 radical (unpaired) electrons. The van der Waals surface area contributed by atoms with Crippen LogP contribution >= 0.6 is 11.3 Å². The average Bonchev–Trinajstić information content (AvgIpc) is 3.60. The quantitative estimate of drug-likeness (QED) is 0.0928. The smallest absolute Gasteiger partial charge is 0.350 e. The Morgan fingerprint density at radius 3 is 2.51 bits per heavy atom. The molecule has 0 spiro atoms. The van der Waals surface area contributed by atoms with Crippen molar-refractivity contribution in [2.75, 3.05) is 18.6 Å². The van der Waals surface area contributed by atoms with Crippen molar-refractivity contribution in [2.24, 2.45) is 0 Å². The maximum absolute atomic E-state index is 13.6. The summed E-state index contributed by atoms with van der Waals surface area (Å²) in [6, 6.07) is 11.4. The van der Waals surface area contributed by atoms with Crippen LogP contribution in [0.2, 0.25) is 0 Å². The highest BCUT2D eigenvalue weighted by molar-refractivity contribution is 7.17. The third-order valence-electron chi connectivity index (χ3n) is 6.95. The molecule has 1 saturated heterocycles. The average molecular weight is 575 g/mol. The highest BCUT2D eigenvalue weighted by Crippen LogP contribution is 2.44. The molecule has 1 amide bonds. The fourth-order valence-corrected chi connectivity index (χ4v) is 5.94. The molecule has 4 aromatic rings. The number of aryl methyl sites for hydroxylation is 2. The molecule has 1 N–H and O–H groups in total. The van der Waals surface area contributed by atoms with Crippen LogP contribution in [0.4, 0.5) is 5.13 Å². The molecule has 0 aliphatic carbocycles. The van der Waals surface area contributed by atoms with Gasteiger partial charge >= 0.3 is 11.9 Å². The molecule has 1 aliphatic heterocycles. The van der Waals surface area contributed by atoms with Crippen LogP contribution in [0.1, 0.15) is 64.5 Å². The summed E-state index contributed by atoms with van der Waals surface area (Å²) in [6.45, 7) is 6.06. The molecule has 1 fully saturated rings. The van der Waals surface area contributed by atoms with Crippen LogP contribution in [0.15, 0.2) is 54.2 Å². The monoisotopic (exact) mass is 574 g/mol. The van der Waals surface area contributed by atoms with E-state index in [2.05, 4.69) is 16.9 Å². The predicted molar refractivity (Wildman–Crippen MR) is 154 cm³/mol. The number of ketones is 1. The van der Waals surface area contributed by atoms with E-state index in [1.54, 1.807) is 60.8 Å². The van der Waals surface area contributed by atoms with Crippen molar-refractivity contribution in [3.8, 4) is 5.75 Å². The van der Waals surface area contributed by atoms with Crippen LogP contribution < -0.4 is 9.64 Å². The number of benzene rings is 1. The number of aliphatic hydroxyl groups is 1. The maximum atomic E-state index is 13.6. The zero-order valence-electron chi connectivity index (χ0n) is 23.2. The molecule has 41 heavy (non-hydrogen) atoms. The highest BCUT2D eigenvalue weighted by atomic mass is 32.1. The van der Waals surface area contributed by atoms with Gasteiger partial charge in [-0.05, 0) is 50.1 Å². The van der Waals surface area contributed by atoms with Crippen LogP contribution in [0.5, 0.6) is 5.75 Å². The minimum Gasteiger partial charge on any atom is -0.505 e. The number of carbonyl (C=O) groups is 3. The number of nitrogens with zero attached hydrogens (tertiary/aromatic N) is 4. The number of esters is 1. The molecule has 5 rings (SSSR count). The van der Waals surface area contributed by atoms with Gasteiger partial charge in [0.25, 0.3) is 5.78 Å². The van der Waals surface area contributed by atoms with Crippen molar-refractivity contribution < 1.29 is 29.0 Å². The van der Waals surface area contributed by atoms with Gasteiger partial charge in [0.1, 0.15) is 22.0 Å². The van der Waals surface area contributed by atoms with Gasteiger partial charge in [-0.25, -0.2) is 14.8 Å². The van der Waals surface area contributed by atoms with E-state index in [0.29, 0.717) is 40.6 Å². The number of anilines is 1. The van der Waals surface area contributed by atoms with Gasteiger partial charge in [-0.1, -0.05) is 49.3 Å². The second-order valence-corrected chi connectivity index (χ2v) is 10.6. The molecule has 10 nitrogen and oxygen atoms in total. The van der Waals surface area contributed by atoms with Gasteiger partial charge in [0.15, 0.2) is 10.9 Å². The van der Waals surface area contributed by atoms with Crippen molar-refractivity contribution in [1.82, 2.24) is 14.4 Å². The Bertz CT molecular complexity index is 1670. The Kier molecular flexibility index (Phi) is 7.89. The topological polar surface area (TPSA) is 123 Å². The van der Waals surface area contributed by atoms with Gasteiger partial charge in [0.2, 0.25) is 0 Å². The van der Waals surface area contributed by atoms with Gasteiger partial charge in [-0.15, -0.1) is 0 Å². The Balaban J connectivity index is 1.65. The fourth-order valence-electron chi connectivity index (χ4n) is 4.93. The number of fused-ring (bicyclic) bond motifs is 1. The number of carbonyl (C=O) groups excluding carboxylic acids is 3. The van der Waals surface area contributed by atoms with Crippen molar-refractivity contribution >= 4 is 45.5 Å². The Hall–Kier alpha value is -4.51. The first-order valence-electron chi connectivity index (χ1n) is 13.3. The predicted octanol–water partition coefficient (Wildman–Crippen LogP) is 5.39. The number of amides is 1. The summed E-state index contributed by atoms with van der Waals surface area (Å²) in [5.74, 6) is -2.03. The van der Waals surface area contributed by atoms with Gasteiger partial charge in [0, 0.05) is 6.20 Å². The lowest BCUT2D eigenvalue weighted by Gasteiger charge is -2.23. The SMILES string of the molecule is CCCCCOc1ccc(C2C(=C(O)c3c(C)nc4ccccn34)C(=O)C(=O)N2c2nc(C)c(C(=O)OC)s2)cc1. The lowest BCUT2D eigenvalue weighted by molar-refractivity contribution is -0.132. The number of unbranched alkanes of at least 4 members (excludes halogenated alkanes) is 2. The second-order valence-electron chi connectivity index (χ2n) is 9.67. The number of hydrogen-bond donors (Lipinski definition) is 1. The zero-order chi connectivity index (χ0) is 29.3. The van der Waals surface area contributed by atoms with Crippen LogP contribution in [0, 0.1) is 13.8 Å². The van der Waals surface area contributed by atoms with Crippen LogP contribution in [-0.4, -0.2) is 50.9 Å². The number of rotatable bonds is 9. The third-order valence-corrected chi connectivity index (χ3v) is 8.08. The summed E-state index contributed by atoms with van der Waals surface area (Å²) in [6.07, 6.45) is 4.81. The van der Waals surface area contributed by atoms with E-state index in [1.165, 1.54) is 12.0 Å². The molecule has 11 heteroatoms. The highest BCUT2D eigenvalue weighted by Gasteiger charge is 2.49. The van der Waals surface area contributed by atoms with E-state index in [-0.39, 0.29) is 21.3 Å². The fraction of sp³-hybridized carbons (Fsp3) is 0.300. The van der Waals surface area contributed by atoms with Gasteiger partial charge in [0.05, 0.1) is 36.7 Å². The van der Waals surface area contributed by atoms with E-state index in [0.717, 1.165) is 30.6 Å². The van der Waals surface area contributed by atoms with E-state index in [4.69, 9.17) is 9.47 Å².